The Morgan fingerprint density at radius 1 is 1.00 bits per heavy atom. The summed E-state index contributed by atoms with van der Waals surface area (Å²) >= 11 is 0. The maximum absolute atomic E-state index is 3.86. The number of allylic oxidation sites excluding steroid dienone is 2. The maximum atomic E-state index is 3.86. The van der Waals surface area contributed by atoms with Crippen molar-refractivity contribution in [3.8, 4) is 0 Å². The molecule has 0 fully saturated rings. The first-order valence-corrected chi connectivity index (χ1v) is 7.21. The Kier molecular flexibility index (Phi) is 4.64. The van der Waals surface area contributed by atoms with Gasteiger partial charge in [0.15, 0.2) is 0 Å². The minimum atomic E-state index is 1.22. The molecule has 0 spiro atoms. The Morgan fingerprint density at radius 3 is 2.19 bits per heavy atom. The van der Waals surface area contributed by atoms with Crippen molar-refractivity contribution >= 4 is 11.3 Å². The van der Waals surface area contributed by atoms with Crippen LogP contribution in [-0.2, 0) is 0 Å². The molecular weight excluding hydrogens is 254 g/mol. The van der Waals surface area contributed by atoms with Crippen molar-refractivity contribution < 1.29 is 0 Å². The fraction of sp³-hybridized carbons (Fsp3) is 0.200. The molecule has 1 heteroatoms. The minimum Gasteiger partial charge on any atom is -0.378 e. The molecule has 108 valence electrons. The van der Waals surface area contributed by atoms with Gasteiger partial charge < -0.3 is 4.90 Å². The minimum absolute atomic E-state index is 1.22. The van der Waals surface area contributed by atoms with Crippen molar-refractivity contribution in [2.24, 2.45) is 0 Å². The van der Waals surface area contributed by atoms with Crippen LogP contribution in [0.4, 0.5) is 5.69 Å². The van der Waals surface area contributed by atoms with E-state index in [-0.39, 0.29) is 0 Å². The van der Waals surface area contributed by atoms with E-state index in [0.29, 0.717) is 0 Å². The van der Waals surface area contributed by atoms with Gasteiger partial charge in [-0.15, -0.1) is 0 Å². The van der Waals surface area contributed by atoms with Crippen LogP contribution in [0.3, 0.4) is 0 Å². The highest BCUT2D eigenvalue weighted by atomic mass is 15.1. The fourth-order valence-corrected chi connectivity index (χ4v) is 2.42. The average molecular weight is 277 g/mol. The van der Waals surface area contributed by atoms with Gasteiger partial charge in [0.05, 0.1) is 0 Å². The Labute approximate surface area is 128 Å². The number of hydrogen-bond acceptors (Lipinski definition) is 1. The molecule has 0 atom stereocenters. The highest BCUT2D eigenvalue weighted by Crippen LogP contribution is 2.29. The molecule has 2 rings (SSSR count). The van der Waals surface area contributed by atoms with E-state index in [0.717, 1.165) is 0 Å². The first-order valence-electron chi connectivity index (χ1n) is 7.21. The summed E-state index contributed by atoms with van der Waals surface area (Å²) in [7, 11) is 4.13. The molecule has 0 amide bonds. The predicted molar refractivity (Wildman–Crippen MR) is 94.0 cm³/mol. The van der Waals surface area contributed by atoms with Crippen LogP contribution in [0.15, 0.2) is 61.2 Å². The third-order valence-electron chi connectivity index (χ3n) is 3.66. The molecule has 0 radical (unpaired) electrons. The van der Waals surface area contributed by atoms with Gasteiger partial charge in [-0.1, -0.05) is 54.6 Å². The summed E-state index contributed by atoms with van der Waals surface area (Å²) in [5.41, 5.74) is 7.46. The molecule has 0 saturated heterocycles. The zero-order valence-electron chi connectivity index (χ0n) is 13.4. The lowest BCUT2D eigenvalue weighted by Gasteiger charge is -2.17. The van der Waals surface area contributed by atoms with Gasteiger partial charge in [0.25, 0.3) is 0 Å². The molecule has 0 aliphatic carbocycles. The molecule has 2 aromatic rings. The SMILES string of the molecule is C=CC=C(c1ccc(C)cc1)c1ccc(N(C)C)cc1C. The Balaban J connectivity index is 2.51. The molecule has 0 N–H and O–H groups in total. The summed E-state index contributed by atoms with van der Waals surface area (Å²) in [6, 6.07) is 15.2. The molecule has 1 nitrogen and oxygen atoms in total. The molecule has 0 heterocycles. The third-order valence-corrected chi connectivity index (χ3v) is 3.66. The van der Waals surface area contributed by atoms with Crippen LogP contribution in [0.5, 0.6) is 0 Å². The summed E-state index contributed by atoms with van der Waals surface area (Å²) < 4.78 is 0. The van der Waals surface area contributed by atoms with Gasteiger partial charge in [0.1, 0.15) is 0 Å². The van der Waals surface area contributed by atoms with Crippen LogP contribution < -0.4 is 4.90 Å². The van der Waals surface area contributed by atoms with Crippen molar-refractivity contribution in [3.63, 3.8) is 0 Å². The van der Waals surface area contributed by atoms with Crippen LogP contribution in [-0.4, -0.2) is 14.1 Å². The van der Waals surface area contributed by atoms with Crippen LogP contribution in [0.25, 0.3) is 5.57 Å². The van der Waals surface area contributed by atoms with Gasteiger partial charge in [-0.3, -0.25) is 0 Å². The smallest absolute Gasteiger partial charge is 0.0364 e. The molecule has 0 aliphatic rings. The third kappa shape index (κ3) is 3.43. The number of nitrogens with zero attached hydrogens (tertiary/aromatic N) is 1. The quantitative estimate of drug-likeness (QED) is 0.712. The van der Waals surface area contributed by atoms with E-state index in [1.807, 2.05) is 6.08 Å². The van der Waals surface area contributed by atoms with E-state index in [1.165, 1.54) is 33.5 Å². The summed E-state index contributed by atoms with van der Waals surface area (Å²) in [6.07, 6.45) is 3.94. The van der Waals surface area contributed by atoms with Crippen molar-refractivity contribution in [1.82, 2.24) is 0 Å². The number of rotatable bonds is 4. The van der Waals surface area contributed by atoms with Crippen LogP contribution in [0, 0.1) is 13.8 Å². The standard InChI is InChI=1S/C20H23N/c1-6-7-20(17-10-8-15(2)9-11-17)19-13-12-18(21(4)5)14-16(19)3/h6-14H,1H2,2-5H3. The molecule has 0 bridgehead atoms. The first-order chi connectivity index (χ1) is 10.0. The van der Waals surface area contributed by atoms with E-state index >= 15 is 0 Å². The van der Waals surface area contributed by atoms with Crippen molar-refractivity contribution in [1.29, 1.82) is 0 Å². The normalized spacial score (nSPS) is 11.3. The summed E-state index contributed by atoms with van der Waals surface area (Å²) in [6.45, 7) is 8.13. The zero-order chi connectivity index (χ0) is 15.4. The lowest BCUT2D eigenvalue weighted by molar-refractivity contribution is 1.13. The van der Waals surface area contributed by atoms with Crippen LogP contribution in [0.2, 0.25) is 0 Å². The molecule has 0 saturated carbocycles. The second-order valence-electron chi connectivity index (χ2n) is 5.58. The van der Waals surface area contributed by atoms with Crippen molar-refractivity contribution in [2.45, 2.75) is 13.8 Å². The molecule has 2 aromatic carbocycles. The Morgan fingerprint density at radius 2 is 1.67 bits per heavy atom. The second-order valence-corrected chi connectivity index (χ2v) is 5.58. The first kappa shape index (κ1) is 15.1. The molecular formula is C20H23N. The summed E-state index contributed by atoms with van der Waals surface area (Å²) in [5.74, 6) is 0. The number of hydrogen-bond donors (Lipinski definition) is 0. The molecule has 0 aliphatic heterocycles. The van der Waals surface area contributed by atoms with Gasteiger partial charge in [0, 0.05) is 19.8 Å². The van der Waals surface area contributed by atoms with Crippen molar-refractivity contribution in [2.75, 3.05) is 19.0 Å². The molecule has 0 unspecified atom stereocenters. The predicted octanol–water partition coefficient (Wildman–Crippen LogP) is 4.99. The van der Waals surface area contributed by atoms with E-state index in [4.69, 9.17) is 0 Å². The lowest BCUT2D eigenvalue weighted by Crippen LogP contribution is -2.09. The average Bonchev–Trinajstić information content (AvgIpc) is 2.46. The lowest BCUT2D eigenvalue weighted by atomic mass is 9.93. The van der Waals surface area contributed by atoms with Gasteiger partial charge in [-0.25, -0.2) is 0 Å². The van der Waals surface area contributed by atoms with Crippen molar-refractivity contribution in [3.05, 3.63) is 83.4 Å². The van der Waals surface area contributed by atoms with E-state index in [1.54, 1.807) is 0 Å². The number of benzene rings is 2. The van der Waals surface area contributed by atoms with Gasteiger partial charge >= 0.3 is 0 Å². The summed E-state index contributed by atoms with van der Waals surface area (Å²) in [4.78, 5) is 2.12. The van der Waals surface area contributed by atoms with Crippen LogP contribution >= 0.6 is 0 Å². The highest BCUT2D eigenvalue weighted by molar-refractivity contribution is 5.83. The molecule has 0 aromatic heterocycles. The Bertz CT molecular complexity index is 661. The number of anilines is 1. The van der Waals surface area contributed by atoms with E-state index in [9.17, 15) is 0 Å². The van der Waals surface area contributed by atoms with Crippen LogP contribution in [0.1, 0.15) is 22.3 Å². The molecule has 21 heavy (non-hydrogen) atoms. The van der Waals surface area contributed by atoms with E-state index < -0.39 is 0 Å². The van der Waals surface area contributed by atoms with Gasteiger partial charge in [-0.2, -0.15) is 0 Å². The number of aryl methyl sites for hydroxylation is 2. The monoisotopic (exact) mass is 277 g/mol. The second kappa shape index (κ2) is 6.45. The fourth-order valence-electron chi connectivity index (χ4n) is 2.42. The highest BCUT2D eigenvalue weighted by Gasteiger charge is 2.08. The topological polar surface area (TPSA) is 3.24 Å². The van der Waals surface area contributed by atoms with Gasteiger partial charge in [-0.05, 0) is 48.2 Å². The Hall–Kier alpha value is -2.28. The van der Waals surface area contributed by atoms with E-state index in [2.05, 4.69) is 88.0 Å². The van der Waals surface area contributed by atoms with Gasteiger partial charge in [0.2, 0.25) is 0 Å². The maximum Gasteiger partial charge on any atom is 0.0364 e. The largest absolute Gasteiger partial charge is 0.378 e. The summed E-state index contributed by atoms with van der Waals surface area (Å²) in [5, 5.41) is 0. The zero-order valence-corrected chi connectivity index (χ0v) is 13.4.